The van der Waals surface area contributed by atoms with Gasteiger partial charge in [-0.25, -0.2) is 0 Å². The van der Waals surface area contributed by atoms with Gasteiger partial charge in [-0.3, -0.25) is 0 Å². The number of hydrogen-bond acceptors (Lipinski definition) is 0. The predicted molar refractivity (Wildman–Crippen MR) is 45.5 cm³/mol. The number of hydrogen-bond donors (Lipinski definition) is 0. The average molecular weight is 124 g/mol. The highest BCUT2D eigenvalue weighted by Crippen LogP contribution is 1.90. The minimum Gasteiger partial charge on any atom is -0.0985 e. The first kappa shape index (κ1) is 11.1. The van der Waals surface area contributed by atoms with Crippen LogP contribution in [0.3, 0.4) is 0 Å². The molecule has 0 N–H and O–H groups in total. The average Bonchev–Trinajstić information content (AvgIpc) is 1.93. The van der Waals surface area contributed by atoms with Crippen LogP contribution in [0.25, 0.3) is 0 Å². The molecule has 0 spiro atoms. The molecule has 0 aromatic carbocycles. The summed E-state index contributed by atoms with van der Waals surface area (Å²) in [4.78, 5) is 0. The van der Waals surface area contributed by atoms with Gasteiger partial charge in [-0.05, 0) is 12.5 Å². The van der Waals surface area contributed by atoms with Gasteiger partial charge in [0.05, 0.1) is 0 Å². The molecule has 0 radical (unpaired) electrons. The highest BCUT2D eigenvalue weighted by molar-refractivity contribution is 5.24. The molecule has 9 heavy (non-hydrogen) atoms. The molecule has 0 aliphatic rings. The van der Waals surface area contributed by atoms with Gasteiger partial charge in [0, 0.05) is 0 Å². The molecule has 0 saturated carbocycles. The van der Waals surface area contributed by atoms with Crippen LogP contribution in [0.2, 0.25) is 0 Å². The zero-order chi connectivity index (χ0) is 7.70. The fraction of sp³-hybridized carbons (Fsp3) is 0.333. The van der Waals surface area contributed by atoms with Gasteiger partial charge < -0.3 is 0 Å². The Labute approximate surface area is 58.6 Å². The van der Waals surface area contributed by atoms with E-state index >= 15 is 0 Å². The third kappa shape index (κ3) is 11.0. The van der Waals surface area contributed by atoms with Crippen LogP contribution >= 0.6 is 0 Å². The van der Waals surface area contributed by atoms with E-state index < -0.39 is 0 Å². The van der Waals surface area contributed by atoms with E-state index in [4.69, 9.17) is 0 Å². The summed E-state index contributed by atoms with van der Waals surface area (Å²) in [5.74, 6) is 0. The molecule has 0 amide bonds. The van der Waals surface area contributed by atoms with Crippen LogP contribution in [-0.2, 0) is 0 Å². The first-order valence-corrected chi connectivity index (χ1v) is 3.25. The molecule has 0 heterocycles. The second kappa shape index (κ2) is 10.3. The Kier molecular flexibility index (Phi) is 12.6. The summed E-state index contributed by atoms with van der Waals surface area (Å²) < 4.78 is 0. The van der Waals surface area contributed by atoms with E-state index in [1.165, 1.54) is 0 Å². The maximum Gasteiger partial charge on any atom is -0.0338 e. The largest absolute Gasteiger partial charge is 0.0985 e. The standard InChI is InChI=1S/C7H10.C2H6/c1-4-6-7(3)5-2;1-2/h4-6H,2-3H2,1H3;1-2H3/b6-4-;. The molecule has 0 fully saturated rings. The van der Waals surface area contributed by atoms with Crippen molar-refractivity contribution in [2.75, 3.05) is 0 Å². The fourth-order valence-electron chi connectivity index (χ4n) is 0.282. The molecule has 0 nitrogen and oxygen atoms in total. The molecule has 0 aliphatic heterocycles. The monoisotopic (exact) mass is 124 g/mol. The van der Waals surface area contributed by atoms with E-state index in [0.717, 1.165) is 5.57 Å². The van der Waals surface area contributed by atoms with Crippen LogP contribution in [0.5, 0.6) is 0 Å². The van der Waals surface area contributed by atoms with Crippen molar-refractivity contribution in [1.29, 1.82) is 0 Å². The fourth-order valence-corrected chi connectivity index (χ4v) is 0.282. The Bertz CT molecular complexity index is 96.6. The topological polar surface area (TPSA) is 0 Å². The second-order valence-corrected chi connectivity index (χ2v) is 1.28. The molecule has 52 valence electrons. The summed E-state index contributed by atoms with van der Waals surface area (Å²) in [5.41, 5.74) is 0.961. The highest BCUT2D eigenvalue weighted by atomic mass is 13.8. The maximum atomic E-state index is 3.66. The zero-order valence-electron chi connectivity index (χ0n) is 6.65. The lowest BCUT2D eigenvalue weighted by Gasteiger charge is -1.79. The Morgan fingerprint density at radius 3 is 1.89 bits per heavy atom. The number of allylic oxidation sites excluding steroid dienone is 4. The summed E-state index contributed by atoms with van der Waals surface area (Å²) in [6, 6.07) is 0. The third-order valence-electron chi connectivity index (χ3n) is 0.643. The Morgan fingerprint density at radius 1 is 1.33 bits per heavy atom. The highest BCUT2D eigenvalue weighted by Gasteiger charge is 1.69. The van der Waals surface area contributed by atoms with Gasteiger partial charge in [0.2, 0.25) is 0 Å². The van der Waals surface area contributed by atoms with Crippen molar-refractivity contribution in [3.63, 3.8) is 0 Å². The summed E-state index contributed by atoms with van der Waals surface area (Å²) in [7, 11) is 0. The number of rotatable bonds is 2. The molecule has 0 unspecified atom stereocenters. The second-order valence-electron chi connectivity index (χ2n) is 1.28. The first-order valence-electron chi connectivity index (χ1n) is 3.25. The van der Waals surface area contributed by atoms with Crippen LogP contribution in [0, 0.1) is 0 Å². The van der Waals surface area contributed by atoms with Crippen molar-refractivity contribution in [1.82, 2.24) is 0 Å². The van der Waals surface area contributed by atoms with Crippen molar-refractivity contribution in [3.05, 3.63) is 37.0 Å². The first-order chi connectivity index (χ1) is 4.31. The van der Waals surface area contributed by atoms with Crippen molar-refractivity contribution < 1.29 is 0 Å². The molecule has 0 rings (SSSR count). The van der Waals surface area contributed by atoms with E-state index in [1.54, 1.807) is 6.08 Å². The van der Waals surface area contributed by atoms with E-state index in [2.05, 4.69) is 13.2 Å². The van der Waals surface area contributed by atoms with Gasteiger partial charge in [-0.15, -0.1) is 0 Å². The van der Waals surface area contributed by atoms with Crippen molar-refractivity contribution in [2.24, 2.45) is 0 Å². The normalized spacial score (nSPS) is 7.89. The minimum atomic E-state index is 0.961. The van der Waals surface area contributed by atoms with Gasteiger partial charge in [0.25, 0.3) is 0 Å². The van der Waals surface area contributed by atoms with E-state index in [-0.39, 0.29) is 0 Å². The SMILES string of the molecule is C=CC(=C)/C=C\C.CC. The molecule has 0 heteroatoms. The molecule has 0 bridgehead atoms. The predicted octanol–water partition coefficient (Wildman–Crippen LogP) is 3.33. The molecule has 0 aromatic rings. The van der Waals surface area contributed by atoms with Crippen LogP contribution in [0.15, 0.2) is 37.0 Å². The lowest BCUT2D eigenvalue weighted by Crippen LogP contribution is -1.58. The Morgan fingerprint density at radius 2 is 1.78 bits per heavy atom. The molecular formula is C9H16. The van der Waals surface area contributed by atoms with Crippen LogP contribution < -0.4 is 0 Å². The van der Waals surface area contributed by atoms with Crippen molar-refractivity contribution in [2.45, 2.75) is 20.8 Å². The van der Waals surface area contributed by atoms with Gasteiger partial charge in [0.1, 0.15) is 0 Å². The maximum absolute atomic E-state index is 3.66. The molecule has 0 atom stereocenters. The smallest absolute Gasteiger partial charge is 0.0338 e. The minimum absolute atomic E-state index is 0.961. The zero-order valence-corrected chi connectivity index (χ0v) is 6.65. The van der Waals surface area contributed by atoms with Crippen molar-refractivity contribution >= 4 is 0 Å². The van der Waals surface area contributed by atoms with Gasteiger partial charge in [-0.1, -0.05) is 45.2 Å². The summed E-state index contributed by atoms with van der Waals surface area (Å²) in [6.07, 6.45) is 5.57. The Hall–Kier alpha value is -0.780. The molecule has 0 aromatic heterocycles. The lowest BCUT2D eigenvalue weighted by molar-refractivity contribution is 1.50. The lowest BCUT2D eigenvalue weighted by atomic mass is 10.3. The molecule has 0 aliphatic carbocycles. The molecular weight excluding hydrogens is 108 g/mol. The summed E-state index contributed by atoms with van der Waals surface area (Å²) >= 11 is 0. The summed E-state index contributed by atoms with van der Waals surface area (Å²) in [6.45, 7) is 13.1. The van der Waals surface area contributed by atoms with Crippen LogP contribution in [-0.4, -0.2) is 0 Å². The van der Waals surface area contributed by atoms with E-state index in [0.29, 0.717) is 0 Å². The van der Waals surface area contributed by atoms with E-state index in [1.807, 2.05) is 32.9 Å². The van der Waals surface area contributed by atoms with Gasteiger partial charge in [-0.2, -0.15) is 0 Å². The van der Waals surface area contributed by atoms with Crippen LogP contribution in [0.4, 0.5) is 0 Å². The quantitative estimate of drug-likeness (QED) is 0.495. The van der Waals surface area contributed by atoms with E-state index in [9.17, 15) is 0 Å². The third-order valence-corrected chi connectivity index (χ3v) is 0.643. The molecule has 0 saturated heterocycles. The van der Waals surface area contributed by atoms with Gasteiger partial charge in [0.15, 0.2) is 0 Å². The van der Waals surface area contributed by atoms with Gasteiger partial charge >= 0.3 is 0 Å². The van der Waals surface area contributed by atoms with Crippen LogP contribution in [0.1, 0.15) is 20.8 Å². The van der Waals surface area contributed by atoms with Crippen molar-refractivity contribution in [3.8, 4) is 0 Å². The Balaban J connectivity index is 0. The summed E-state index contributed by atoms with van der Waals surface area (Å²) in [5, 5.41) is 0.